The summed E-state index contributed by atoms with van der Waals surface area (Å²) in [5, 5.41) is 0. The van der Waals surface area contributed by atoms with E-state index in [0.29, 0.717) is 19.6 Å². The normalized spacial score (nSPS) is 8.83. The van der Waals surface area contributed by atoms with Crippen LogP contribution < -0.4 is 0 Å². The molecule has 0 N–H and O–H groups in total. The van der Waals surface area contributed by atoms with E-state index in [1.54, 1.807) is 6.92 Å². The Morgan fingerprint density at radius 2 is 1.56 bits per heavy atom. The van der Waals surface area contributed by atoms with E-state index in [-0.39, 0.29) is 11.9 Å². The lowest BCUT2D eigenvalue weighted by Gasteiger charge is -2.00. The van der Waals surface area contributed by atoms with E-state index in [2.05, 4.69) is 4.74 Å². The maximum Gasteiger partial charge on any atom is 0.310 e. The molecule has 0 amide bonds. The lowest BCUT2D eigenvalue weighted by molar-refractivity contribution is -0.142. The van der Waals surface area contributed by atoms with Crippen molar-refractivity contribution in [2.24, 2.45) is 0 Å². The minimum absolute atomic E-state index is 0.163. The molecule has 0 aliphatic heterocycles. The van der Waals surface area contributed by atoms with E-state index >= 15 is 0 Å². The Balaban J connectivity index is 0.000000411. The molecule has 0 aliphatic rings. The summed E-state index contributed by atoms with van der Waals surface area (Å²) in [6.45, 7) is 5.91. The molecule has 0 spiro atoms. The van der Waals surface area contributed by atoms with E-state index in [1.165, 1.54) is 6.92 Å². The molecule has 4 nitrogen and oxygen atoms in total. The molecule has 1 rings (SSSR count). The fourth-order valence-corrected chi connectivity index (χ4v) is 1.18. The molecule has 1 aromatic carbocycles. The highest BCUT2D eigenvalue weighted by atomic mass is 16.5. The first-order valence-corrected chi connectivity index (χ1v) is 5.93. The van der Waals surface area contributed by atoms with Crippen LogP contribution in [0.4, 0.5) is 0 Å². The highest BCUT2D eigenvalue weighted by Crippen LogP contribution is 2.00. The van der Waals surface area contributed by atoms with Crippen LogP contribution >= 0.6 is 0 Å². The van der Waals surface area contributed by atoms with Crippen LogP contribution in [-0.4, -0.2) is 25.2 Å². The number of esters is 2. The summed E-state index contributed by atoms with van der Waals surface area (Å²) in [5.41, 5.74) is 0.996. The molecule has 100 valence electrons. The molecule has 0 aromatic heterocycles. The summed E-state index contributed by atoms with van der Waals surface area (Å²) in [7, 11) is 0. The molecule has 0 fully saturated rings. The molecular weight excluding hydrogens is 232 g/mol. The number of carbonyl (C=O) groups excluding carboxylic acids is 2. The van der Waals surface area contributed by atoms with Gasteiger partial charge in [-0.2, -0.15) is 0 Å². The van der Waals surface area contributed by atoms with Crippen LogP contribution in [0, 0.1) is 0 Å². The average Bonchev–Trinajstić information content (AvgIpc) is 2.31. The topological polar surface area (TPSA) is 52.6 Å². The molecule has 0 unspecified atom stereocenters. The van der Waals surface area contributed by atoms with E-state index in [1.807, 2.05) is 37.3 Å². The number of rotatable bonds is 4. The van der Waals surface area contributed by atoms with E-state index in [4.69, 9.17) is 4.74 Å². The van der Waals surface area contributed by atoms with Crippen molar-refractivity contribution in [2.45, 2.75) is 27.2 Å². The molecule has 0 bridgehead atoms. The molecule has 0 radical (unpaired) electrons. The Labute approximate surface area is 108 Å². The van der Waals surface area contributed by atoms with E-state index in [9.17, 15) is 9.59 Å². The Hall–Kier alpha value is -1.84. The fourth-order valence-electron chi connectivity index (χ4n) is 1.18. The van der Waals surface area contributed by atoms with Crippen molar-refractivity contribution in [3.8, 4) is 0 Å². The summed E-state index contributed by atoms with van der Waals surface area (Å²) in [6, 6.07) is 9.58. The van der Waals surface area contributed by atoms with E-state index < -0.39 is 0 Å². The molecule has 0 saturated carbocycles. The third-order valence-electron chi connectivity index (χ3n) is 1.84. The van der Waals surface area contributed by atoms with Gasteiger partial charge in [0.05, 0.1) is 19.6 Å². The van der Waals surface area contributed by atoms with Crippen molar-refractivity contribution in [1.82, 2.24) is 0 Å². The fraction of sp³-hybridized carbons (Fsp3) is 0.429. The molecule has 0 heterocycles. The molecular formula is C14H20O4. The molecule has 18 heavy (non-hydrogen) atoms. The van der Waals surface area contributed by atoms with Gasteiger partial charge in [-0.25, -0.2) is 0 Å². The first-order chi connectivity index (χ1) is 8.60. The minimum Gasteiger partial charge on any atom is -0.466 e. The van der Waals surface area contributed by atoms with Crippen molar-refractivity contribution in [3.05, 3.63) is 35.9 Å². The number of ether oxygens (including phenoxy) is 2. The van der Waals surface area contributed by atoms with E-state index in [0.717, 1.165) is 5.56 Å². The Morgan fingerprint density at radius 1 is 1.00 bits per heavy atom. The van der Waals surface area contributed by atoms with Crippen molar-refractivity contribution in [2.75, 3.05) is 13.2 Å². The molecule has 0 atom stereocenters. The van der Waals surface area contributed by atoms with Crippen molar-refractivity contribution < 1.29 is 19.1 Å². The lowest BCUT2D eigenvalue weighted by atomic mass is 10.2. The zero-order valence-corrected chi connectivity index (χ0v) is 11.1. The standard InChI is InChI=1S/C10H12O2.C4H8O2/c1-2-12-10(11)8-9-6-4-3-5-7-9;1-3-6-4(2)5/h3-7H,2,8H2,1H3;3H2,1-2H3. The molecule has 0 saturated heterocycles. The van der Waals surface area contributed by atoms with Crippen LogP contribution in [-0.2, 0) is 25.5 Å². The van der Waals surface area contributed by atoms with Gasteiger partial charge in [0.2, 0.25) is 0 Å². The predicted octanol–water partition coefficient (Wildman–Crippen LogP) is 2.36. The second-order valence-corrected chi connectivity index (χ2v) is 3.39. The maximum atomic E-state index is 11.0. The summed E-state index contributed by atoms with van der Waals surface area (Å²) in [6.07, 6.45) is 0.370. The van der Waals surface area contributed by atoms with Gasteiger partial charge in [-0.15, -0.1) is 0 Å². The van der Waals surface area contributed by atoms with Gasteiger partial charge in [0, 0.05) is 6.92 Å². The molecule has 4 heteroatoms. The zero-order chi connectivity index (χ0) is 13.8. The second kappa shape index (κ2) is 10.3. The predicted molar refractivity (Wildman–Crippen MR) is 69.1 cm³/mol. The number of benzene rings is 1. The SMILES string of the molecule is CCOC(=O)Cc1ccccc1.CCOC(C)=O. The van der Waals surface area contributed by atoms with Crippen LogP contribution in [0.3, 0.4) is 0 Å². The summed E-state index contributed by atoms with van der Waals surface area (Å²) in [4.78, 5) is 20.8. The van der Waals surface area contributed by atoms with Gasteiger partial charge in [0.25, 0.3) is 0 Å². The third kappa shape index (κ3) is 9.39. The first kappa shape index (κ1) is 16.2. The van der Waals surface area contributed by atoms with Crippen LogP contribution in [0.2, 0.25) is 0 Å². The number of hydrogen-bond acceptors (Lipinski definition) is 4. The van der Waals surface area contributed by atoms with Gasteiger partial charge in [-0.1, -0.05) is 30.3 Å². The quantitative estimate of drug-likeness (QED) is 0.772. The van der Waals surface area contributed by atoms with Crippen molar-refractivity contribution >= 4 is 11.9 Å². The molecule has 1 aromatic rings. The van der Waals surface area contributed by atoms with Crippen molar-refractivity contribution in [3.63, 3.8) is 0 Å². The van der Waals surface area contributed by atoms with Crippen molar-refractivity contribution in [1.29, 1.82) is 0 Å². The maximum absolute atomic E-state index is 11.0. The smallest absolute Gasteiger partial charge is 0.310 e. The largest absolute Gasteiger partial charge is 0.466 e. The van der Waals surface area contributed by atoms with Crippen LogP contribution in [0.1, 0.15) is 26.3 Å². The third-order valence-corrected chi connectivity index (χ3v) is 1.84. The summed E-state index contributed by atoms with van der Waals surface area (Å²) in [5.74, 6) is -0.374. The Morgan fingerprint density at radius 3 is 1.94 bits per heavy atom. The lowest BCUT2D eigenvalue weighted by Crippen LogP contribution is -2.06. The molecule has 0 aliphatic carbocycles. The van der Waals surface area contributed by atoms with Gasteiger partial charge in [-0.05, 0) is 19.4 Å². The highest BCUT2D eigenvalue weighted by molar-refractivity contribution is 5.72. The monoisotopic (exact) mass is 252 g/mol. The summed E-state index contributed by atoms with van der Waals surface area (Å²) >= 11 is 0. The van der Waals surface area contributed by atoms with Gasteiger partial charge in [-0.3, -0.25) is 9.59 Å². The zero-order valence-electron chi connectivity index (χ0n) is 11.1. The van der Waals surface area contributed by atoms with Gasteiger partial charge in [0.1, 0.15) is 0 Å². The Bertz CT molecular complexity index is 346. The van der Waals surface area contributed by atoms with Crippen LogP contribution in [0.5, 0.6) is 0 Å². The minimum atomic E-state index is -0.211. The van der Waals surface area contributed by atoms with Crippen LogP contribution in [0.25, 0.3) is 0 Å². The average molecular weight is 252 g/mol. The summed E-state index contributed by atoms with van der Waals surface area (Å²) < 4.78 is 9.21. The van der Waals surface area contributed by atoms with Gasteiger partial charge >= 0.3 is 11.9 Å². The number of hydrogen-bond donors (Lipinski definition) is 0. The Kier molecular flexibility index (Phi) is 9.27. The van der Waals surface area contributed by atoms with Gasteiger partial charge in [0.15, 0.2) is 0 Å². The highest BCUT2D eigenvalue weighted by Gasteiger charge is 2.01. The second-order valence-electron chi connectivity index (χ2n) is 3.39. The first-order valence-electron chi connectivity index (χ1n) is 5.93. The van der Waals surface area contributed by atoms with Gasteiger partial charge < -0.3 is 9.47 Å². The van der Waals surface area contributed by atoms with Crippen LogP contribution in [0.15, 0.2) is 30.3 Å². The number of carbonyl (C=O) groups is 2.